The van der Waals surface area contributed by atoms with Crippen molar-refractivity contribution in [2.45, 2.75) is 13.0 Å². The van der Waals surface area contributed by atoms with Gasteiger partial charge in [0.25, 0.3) is 5.91 Å². The summed E-state index contributed by atoms with van der Waals surface area (Å²) in [6, 6.07) is 16.9. The van der Waals surface area contributed by atoms with E-state index in [0.717, 1.165) is 0 Å². The molecule has 186 valence electrons. The number of nitrogens with one attached hydrogen (secondary N) is 3. The Hall–Kier alpha value is -4.70. The zero-order valence-electron chi connectivity index (χ0n) is 19.8. The third-order valence-electron chi connectivity index (χ3n) is 5.63. The van der Waals surface area contributed by atoms with Crippen molar-refractivity contribution < 1.29 is 18.7 Å². The molecule has 0 bridgehead atoms. The Morgan fingerprint density at radius 3 is 2.68 bits per heavy atom. The molecule has 0 saturated carbocycles. The minimum absolute atomic E-state index is 0.186. The molecule has 3 N–H and O–H groups in total. The Morgan fingerprint density at radius 1 is 1.11 bits per heavy atom. The molecule has 0 spiro atoms. The van der Waals surface area contributed by atoms with E-state index < -0.39 is 17.9 Å². The number of hydrogen-bond donors (Lipinski definition) is 3. The van der Waals surface area contributed by atoms with Crippen molar-refractivity contribution in [3.05, 3.63) is 94.3 Å². The topological polar surface area (TPSA) is 131 Å². The number of carbonyl (C=O) groups excluding carboxylic acids is 2. The highest BCUT2D eigenvalue weighted by atomic mass is 35.5. The highest BCUT2D eigenvalue weighted by Crippen LogP contribution is 2.35. The van der Waals surface area contributed by atoms with Crippen LogP contribution in [0.3, 0.4) is 0 Å². The number of benzene rings is 2. The van der Waals surface area contributed by atoms with Crippen LogP contribution in [-0.2, 0) is 9.53 Å². The SMILES string of the molecule is COC(=O)c1ccnc(NC(=O)C2=C(C)NC(Nc3nc4ccccc4o3)=N[C@@H]2c2ccccc2Cl)c1. The van der Waals surface area contributed by atoms with E-state index in [0.29, 0.717) is 38.9 Å². The molecule has 0 unspecified atom stereocenters. The van der Waals surface area contributed by atoms with Crippen LogP contribution in [-0.4, -0.2) is 34.9 Å². The number of oxazole rings is 1. The molecule has 0 aliphatic carbocycles. The molecule has 5 rings (SSSR count). The number of carbonyl (C=O) groups is 2. The van der Waals surface area contributed by atoms with Crippen molar-refractivity contribution in [3.8, 4) is 0 Å². The number of esters is 1. The lowest BCUT2D eigenvalue weighted by Gasteiger charge is -2.26. The van der Waals surface area contributed by atoms with Crippen LogP contribution in [0.25, 0.3) is 11.1 Å². The maximum absolute atomic E-state index is 13.5. The second-order valence-electron chi connectivity index (χ2n) is 8.05. The monoisotopic (exact) mass is 516 g/mol. The Balaban J connectivity index is 1.47. The first-order valence-corrected chi connectivity index (χ1v) is 11.6. The summed E-state index contributed by atoms with van der Waals surface area (Å²) in [7, 11) is 1.28. The second kappa shape index (κ2) is 10.1. The average molecular weight is 517 g/mol. The van der Waals surface area contributed by atoms with Crippen LogP contribution >= 0.6 is 11.6 Å². The highest BCUT2D eigenvalue weighted by molar-refractivity contribution is 6.31. The largest absolute Gasteiger partial charge is 0.465 e. The molecule has 1 atom stereocenters. The number of aliphatic imine (C=N–C) groups is 1. The van der Waals surface area contributed by atoms with Gasteiger partial charge in [0.15, 0.2) is 5.58 Å². The number of amides is 1. The molecule has 1 amide bonds. The third-order valence-corrected chi connectivity index (χ3v) is 5.97. The summed E-state index contributed by atoms with van der Waals surface area (Å²) >= 11 is 6.51. The number of anilines is 2. The van der Waals surface area contributed by atoms with Gasteiger partial charge in [0.2, 0.25) is 5.96 Å². The first-order chi connectivity index (χ1) is 17.9. The van der Waals surface area contributed by atoms with E-state index in [1.807, 2.05) is 30.3 Å². The van der Waals surface area contributed by atoms with Gasteiger partial charge in [-0.15, -0.1) is 0 Å². The quantitative estimate of drug-likeness (QED) is 0.326. The van der Waals surface area contributed by atoms with Gasteiger partial charge in [-0.25, -0.2) is 14.8 Å². The third kappa shape index (κ3) is 5.00. The van der Waals surface area contributed by atoms with Crippen molar-refractivity contribution in [2.75, 3.05) is 17.7 Å². The lowest BCUT2D eigenvalue weighted by Crippen LogP contribution is -2.37. The van der Waals surface area contributed by atoms with E-state index in [9.17, 15) is 9.59 Å². The molecule has 1 aliphatic heterocycles. The Morgan fingerprint density at radius 2 is 1.89 bits per heavy atom. The fourth-order valence-corrected chi connectivity index (χ4v) is 4.15. The van der Waals surface area contributed by atoms with Crippen molar-refractivity contribution in [3.63, 3.8) is 0 Å². The van der Waals surface area contributed by atoms with E-state index in [-0.39, 0.29) is 17.4 Å². The van der Waals surface area contributed by atoms with Gasteiger partial charge in [0.1, 0.15) is 17.4 Å². The average Bonchev–Trinajstić information content (AvgIpc) is 3.30. The number of hydrogen-bond acceptors (Lipinski definition) is 9. The molecular weight excluding hydrogens is 496 g/mol. The number of rotatable bonds is 5. The molecule has 3 heterocycles. The molecule has 2 aromatic carbocycles. The predicted molar refractivity (Wildman–Crippen MR) is 139 cm³/mol. The molecule has 1 aliphatic rings. The van der Waals surface area contributed by atoms with Gasteiger partial charge in [-0.2, -0.15) is 4.98 Å². The van der Waals surface area contributed by atoms with E-state index >= 15 is 0 Å². The molecule has 0 radical (unpaired) electrons. The van der Waals surface area contributed by atoms with Crippen LogP contribution in [0.2, 0.25) is 5.02 Å². The normalized spacial score (nSPS) is 15.1. The molecular formula is C26H21ClN6O4. The summed E-state index contributed by atoms with van der Waals surface area (Å²) in [5, 5.41) is 9.34. The molecule has 0 saturated heterocycles. The summed E-state index contributed by atoms with van der Waals surface area (Å²) in [5.74, 6) is -0.489. The van der Waals surface area contributed by atoms with Crippen LogP contribution in [0.15, 0.2) is 87.5 Å². The number of halogens is 1. The highest BCUT2D eigenvalue weighted by Gasteiger charge is 2.31. The Bertz CT molecular complexity index is 1550. The standard InChI is InChI=1S/C26H21ClN6O4/c1-14-21(23(34)31-20-13-15(11-12-28-20)24(35)36-2)22(16-7-3-4-8-17(16)27)32-25(29-14)33-26-30-18-9-5-6-10-19(18)37-26/h3-13,22H,1-2H3,(H,28,31,34)(H2,29,30,32,33)/t22-/m1/s1. The van der Waals surface area contributed by atoms with E-state index in [1.54, 1.807) is 25.1 Å². The van der Waals surface area contributed by atoms with Crippen molar-refractivity contribution >= 4 is 52.4 Å². The number of methoxy groups -OCH3 is 1. The van der Waals surface area contributed by atoms with E-state index in [2.05, 4.69) is 25.9 Å². The fourth-order valence-electron chi connectivity index (χ4n) is 3.91. The Kier molecular flexibility index (Phi) is 6.57. The molecule has 11 heteroatoms. The first kappa shape index (κ1) is 24.0. The zero-order chi connectivity index (χ0) is 25.9. The van der Waals surface area contributed by atoms with Crippen LogP contribution in [0, 0.1) is 0 Å². The molecule has 37 heavy (non-hydrogen) atoms. The smallest absolute Gasteiger partial charge is 0.338 e. The number of fused-ring (bicyclic) bond motifs is 1. The van der Waals surface area contributed by atoms with Crippen molar-refractivity contribution in [2.24, 2.45) is 4.99 Å². The first-order valence-electron chi connectivity index (χ1n) is 11.2. The van der Waals surface area contributed by atoms with Crippen molar-refractivity contribution in [1.82, 2.24) is 15.3 Å². The van der Waals surface area contributed by atoms with Crippen LogP contribution in [0.4, 0.5) is 11.8 Å². The van der Waals surface area contributed by atoms with Gasteiger partial charge in [0.05, 0.1) is 18.2 Å². The van der Waals surface area contributed by atoms with E-state index in [4.69, 9.17) is 25.7 Å². The lowest BCUT2D eigenvalue weighted by molar-refractivity contribution is -0.113. The minimum Gasteiger partial charge on any atom is -0.465 e. The van der Waals surface area contributed by atoms with Gasteiger partial charge >= 0.3 is 12.0 Å². The predicted octanol–water partition coefficient (Wildman–Crippen LogP) is 4.69. The van der Waals surface area contributed by atoms with Gasteiger partial charge in [0, 0.05) is 22.5 Å². The summed E-state index contributed by atoms with van der Waals surface area (Å²) in [4.78, 5) is 38.7. The maximum atomic E-state index is 13.5. The number of aromatic nitrogens is 2. The van der Waals surface area contributed by atoms with Crippen LogP contribution in [0.5, 0.6) is 0 Å². The summed E-state index contributed by atoms with van der Waals surface area (Å²) < 4.78 is 10.5. The number of nitrogens with zero attached hydrogens (tertiary/aromatic N) is 3. The zero-order valence-corrected chi connectivity index (χ0v) is 20.5. The van der Waals surface area contributed by atoms with E-state index in [1.165, 1.54) is 25.4 Å². The number of para-hydroxylation sites is 2. The minimum atomic E-state index is -0.759. The van der Waals surface area contributed by atoms with Crippen molar-refractivity contribution in [1.29, 1.82) is 0 Å². The molecule has 2 aromatic heterocycles. The Labute approximate surface area is 216 Å². The molecule has 10 nitrogen and oxygen atoms in total. The van der Waals surface area contributed by atoms with Gasteiger partial charge < -0.3 is 19.8 Å². The molecule has 0 fully saturated rings. The fraction of sp³-hybridized carbons (Fsp3) is 0.115. The summed E-state index contributed by atoms with van der Waals surface area (Å²) in [6.45, 7) is 1.75. The van der Waals surface area contributed by atoms with Gasteiger partial charge in [-0.1, -0.05) is 41.9 Å². The van der Waals surface area contributed by atoms with Gasteiger partial charge in [-0.05, 0) is 37.3 Å². The molecule has 4 aromatic rings. The number of pyridine rings is 1. The number of ether oxygens (including phenoxy) is 1. The maximum Gasteiger partial charge on any atom is 0.338 e. The summed E-state index contributed by atoms with van der Waals surface area (Å²) in [5.41, 5.74) is 3.05. The number of allylic oxidation sites excluding steroid dienone is 1. The van der Waals surface area contributed by atoms with Crippen LogP contribution < -0.4 is 16.0 Å². The lowest BCUT2D eigenvalue weighted by atomic mass is 9.95. The number of guanidine groups is 1. The van der Waals surface area contributed by atoms with Gasteiger partial charge in [-0.3, -0.25) is 10.1 Å². The van der Waals surface area contributed by atoms with Crippen LogP contribution in [0.1, 0.15) is 28.9 Å². The summed E-state index contributed by atoms with van der Waals surface area (Å²) in [6.07, 6.45) is 1.41. The second-order valence-corrected chi connectivity index (χ2v) is 8.46.